The van der Waals surface area contributed by atoms with E-state index in [1.165, 1.54) is 5.56 Å². The van der Waals surface area contributed by atoms with E-state index in [2.05, 4.69) is 50.5 Å². The fourth-order valence-corrected chi connectivity index (χ4v) is 3.35. The molecular weight excluding hydrogens is 357 g/mol. The van der Waals surface area contributed by atoms with E-state index in [1.807, 2.05) is 12.1 Å². The number of hydrogen-bond donors (Lipinski definition) is 1. The predicted octanol–water partition coefficient (Wildman–Crippen LogP) is 5.00. The smallest absolute Gasteiger partial charge is 0.252 e. The van der Waals surface area contributed by atoms with Crippen molar-refractivity contribution in [2.75, 3.05) is 10.2 Å². The normalized spacial score (nSPS) is 16.0. The molecule has 1 aliphatic heterocycles. The Kier molecular flexibility index (Phi) is 4.19. The molecule has 1 aromatic heterocycles. The van der Waals surface area contributed by atoms with Gasteiger partial charge in [0.05, 0.1) is 16.2 Å². The Labute approximate surface area is 155 Å². The van der Waals surface area contributed by atoms with Crippen LogP contribution in [0.25, 0.3) is 0 Å². The molecule has 126 valence electrons. The average Bonchev–Trinajstić information content (AvgIpc) is 2.94. The third-order valence-electron chi connectivity index (χ3n) is 4.16. The molecule has 0 saturated heterocycles. The Bertz CT molecular complexity index is 931. The van der Waals surface area contributed by atoms with E-state index in [0.717, 1.165) is 17.8 Å². The molecule has 0 radical (unpaired) electrons. The third-order valence-corrected chi connectivity index (χ3v) is 4.90. The van der Waals surface area contributed by atoms with E-state index in [-0.39, 0.29) is 6.04 Å². The van der Waals surface area contributed by atoms with Gasteiger partial charge in [-0.15, -0.1) is 5.10 Å². The maximum absolute atomic E-state index is 6.06. The third kappa shape index (κ3) is 3.13. The summed E-state index contributed by atoms with van der Waals surface area (Å²) in [6, 6.07) is 13.9. The van der Waals surface area contributed by atoms with Crippen molar-refractivity contribution in [2.45, 2.75) is 19.4 Å². The minimum atomic E-state index is 0.277. The summed E-state index contributed by atoms with van der Waals surface area (Å²) in [4.78, 5) is 6.73. The van der Waals surface area contributed by atoms with Crippen molar-refractivity contribution in [3.63, 3.8) is 0 Å². The first kappa shape index (κ1) is 16.1. The maximum Gasteiger partial charge on any atom is 0.252 e. The lowest BCUT2D eigenvalue weighted by molar-refractivity contribution is 0.730. The highest BCUT2D eigenvalue weighted by Gasteiger charge is 2.29. The quantitative estimate of drug-likeness (QED) is 0.701. The molecule has 7 heteroatoms. The van der Waals surface area contributed by atoms with E-state index in [9.17, 15) is 0 Å². The zero-order valence-electron chi connectivity index (χ0n) is 13.4. The van der Waals surface area contributed by atoms with Crippen molar-refractivity contribution < 1.29 is 0 Å². The molecule has 0 bridgehead atoms. The van der Waals surface area contributed by atoms with Gasteiger partial charge in [-0.2, -0.15) is 10.1 Å². The number of rotatable bonds is 3. The van der Waals surface area contributed by atoms with Gasteiger partial charge in [0.2, 0.25) is 0 Å². The second-order valence-electron chi connectivity index (χ2n) is 5.95. The van der Waals surface area contributed by atoms with Crippen molar-refractivity contribution in [1.82, 2.24) is 15.2 Å². The zero-order valence-corrected chi connectivity index (χ0v) is 15.0. The van der Waals surface area contributed by atoms with Crippen LogP contribution in [0.15, 0.2) is 48.7 Å². The van der Waals surface area contributed by atoms with Crippen LogP contribution in [0.2, 0.25) is 10.0 Å². The van der Waals surface area contributed by atoms with E-state index in [4.69, 9.17) is 23.2 Å². The summed E-state index contributed by atoms with van der Waals surface area (Å²) in [5.41, 5.74) is 3.21. The molecule has 0 saturated carbocycles. The van der Waals surface area contributed by atoms with Gasteiger partial charge in [0, 0.05) is 17.4 Å². The maximum atomic E-state index is 6.06. The number of hydrogen-bond acceptors (Lipinski definition) is 5. The second kappa shape index (κ2) is 6.50. The van der Waals surface area contributed by atoms with Gasteiger partial charge in [-0.1, -0.05) is 41.4 Å². The van der Waals surface area contributed by atoms with E-state index < -0.39 is 0 Å². The molecule has 1 N–H and O–H groups in total. The second-order valence-corrected chi connectivity index (χ2v) is 6.76. The SMILES string of the molecule is CC1Cc2ccccc2N1c1nncc(Nc2ccc(Cl)c(Cl)c2)n1. The fourth-order valence-electron chi connectivity index (χ4n) is 3.05. The van der Waals surface area contributed by atoms with Crippen LogP contribution >= 0.6 is 23.2 Å². The lowest BCUT2D eigenvalue weighted by Crippen LogP contribution is -2.26. The van der Waals surface area contributed by atoms with Crippen molar-refractivity contribution in [2.24, 2.45) is 0 Å². The molecule has 1 unspecified atom stereocenters. The molecule has 25 heavy (non-hydrogen) atoms. The number of benzene rings is 2. The lowest BCUT2D eigenvalue weighted by Gasteiger charge is -2.22. The van der Waals surface area contributed by atoms with Gasteiger partial charge < -0.3 is 10.2 Å². The van der Waals surface area contributed by atoms with Gasteiger partial charge in [0.1, 0.15) is 0 Å². The van der Waals surface area contributed by atoms with Crippen LogP contribution in [0.3, 0.4) is 0 Å². The highest BCUT2D eigenvalue weighted by Crippen LogP contribution is 2.36. The Morgan fingerprint density at radius 2 is 1.96 bits per heavy atom. The fraction of sp³-hybridized carbons (Fsp3) is 0.167. The first-order valence-corrected chi connectivity index (χ1v) is 8.66. The summed E-state index contributed by atoms with van der Waals surface area (Å²) < 4.78 is 0. The number of para-hydroxylation sites is 1. The molecule has 0 fully saturated rings. The molecule has 3 aromatic rings. The molecule has 2 aromatic carbocycles. The standard InChI is InChI=1S/C18H15Cl2N5/c1-11-8-12-4-2-3-5-16(12)25(11)18-23-17(10-21-24-18)22-13-6-7-14(19)15(20)9-13/h2-7,9-11H,8H2,1H3,(H,22,23,24). The van der Waals surface area contributed by atoms with Crippen molar-refractivity contribution >= 4 is 46.3 Å². The summed E-state index contributed by atoms with van der Waals surface area (Å²) in [5, 5.41) is 12.5. The molecule has 1 atom stereocenters. The number of fused-ring (bicyclic) bond motifs is 1. The number of nitrogens with zero attached hydrogens (tertiary/aromatic N) is 4. The van der Waals surface area contributed by atoms with Gasteiger partial charge in [0.15, 0.2) is 5.82 Å². The van der Waals surface area contributed by atoms with Crippen LogP contribution in [-0.2, 0) is 6.42 Å². The molecule has 0 amide bonds. The molecule has 0 aliphatic carbocycles. The molecular formula is C18H15Cl2N5. The van der Waals surface area contributed by atoms with Crippen molar-refractivity contribution in [3.05, 3.63) is 64.3 Å². The largest absolute Gasteiger partial charge is 0.339 e. The van der Waals surface area contributed by atoms with Crippen LogP contribution in [0.4, 0.5) is 23.1 Å². The van der Waals surface area contributed by atoms with Crippen LogP contribution in [0.5, 0.6) is 0 Å². The van der Waals surface area contributed by atoms with E-state index in [0.29, 0.717) is 21.8 Å². The Hall–Kier alpha value is -2.37. The first-order valence-electron chi connectivity index (χ1n) is 7.91. The van der Waals surface area contributed by atoms with Crippen LogP contribution in [-0.4, -0.2) is 21.2 Å². The monoisotopic (exact) mass is 371 g/mol. The summed E-state index contributed by atoms with van der Waals surface area (Å²) in [5.74, 6) is 1.17. The van der Waals surface area contributed by atoms with Crippen molar-refractivity contribution in [3.8, 4) is 0 Å². The van der Waals surface area contributed by atoms with Gasteiger partial charge in [-0.05, 0) is 43.2 Å². The predicted molar refractivity (Wildman–Crippen MR) is 101 cm³/mol. The van der Waals surface area contributed by atoms with Crippen LogP contribution in [0.1, 0.15) is 12.5 Å². The van der Waals surface area contributed by atoms with Gasteiger partial charge in [0.25, 0.3) is 5.95 Å². The highest BCUT2D eigenvalue weighted by atomic mass is 35.5. The molecule has 5 nitrogen and oxygen atoms in total. The molecule has 1 aliphatic rings. The topological polar surface area (TPSA) is 53.9 Å². The highest BCUT2D eigenvalue weighted by molar-refractivity contribution is 6.42. The average molecular weight is 372 g/mol. The van der Waals surface area contributed by atoms with Crippen molar-refractivity contribution in [1.29, 1.82) is 0 Å². The van der Waals surface area contributed by atoms with Gasteiger partial charge in [-0.3, -0.25) is 0 Å². The Morgan fingerprint density at radius 1 is 1.12 bits per heavy atom. The summed E-state index contributed by atoms with van der Waals surface area (Å²) in [7, 11) is 0. The first-order chi connectivity index (χ1) is 12.1. The van der Waals surface area contributed by atoms with E-state index in [1.54, 1.807) is 18.3 Å². The van der Waals surface area contributed by atoms with Crippen LogP contribution < -0.4 is 10.2 Å². The van der Waals surface area contributed by atoms with Crippen LogP contribution in [0, 0.1) is 0 Å². The summed E-state index contributed by atoms with van der Waals surface area (Å²) >= 11 is 12.0. The Balaban J connectivity index is 1.65. The van der Waals surface area contributed by atoms with Gasteiger partial charge in [-0.25, -0.2) is 0 Å². The minimum absolute atomic E-state index is 0.277. The number of aromatic nitrogens is 3. The molecule has 2 heterocycles. The molecule has 4 rings (SSSR count). The minimum Gasteiger partial charge on any atom is -0.339 e. The zero-order chi connectivity index (χ0) is 17.4. The number of halogens is 2. The van der Waals surface area contributed by atoms with Gasteiger partial charge >= 0.3 is 0 Å². The summed E-state index contributed by atoms with van der Waals surface area (Å²) in [6.07, 6.45) is 2.54. The van der Waals surface area contributed by atoms with E-state index >= 15 is 0 Å². The Morgan fingerprint density at radius 3 is 2.80 bits per heavy atom. The summed E-state index contributed by atoms with van der Waals surface area (Å²) in [6.45, 7) is 2.16. The molecule has 0 spiro atoms. The lowest BCUT2D eigenvalue weighted by atomic mass is 10.1. The number of anilines is 4. The number of nitrogens with one attached hydrogen (secondary N) is 1.